The number of pyridine rings is 1. The molecule has 1 N–H and O–H groups in total. The summed E-state index contributed by atoms with van der Waals surface area (Å²) in [5, 5.41) is 3.39. The second-order valence-corrected chi connectivity index (χ2v) is 6.49. The zero-order valence-electron chi connectivity index (χ0n) is 15.5. The van der Waals surface area contributed by atoms with Gasteiger partial charge in [-0.05, 0) is 61.8 Å². The van der Waals surface area contributed by atoms with Gasteiger partial charge in [-0.1, -0.05) is 6.07 Å². The molecule has 2 heterocycles. The van der Waals surface area contributed by atoms with Crippen molar-refractivity contribution in [1.82, 2.24) is 15.2 Å². The van der Waals surface area contributed by atoms with Gasteiger partial charge in [0.15, 0.2) is 11.5 Å². The lowest BCUT2D eigenvalue weighted by atomic mass is 10.0. The van der Waals surface area contributed by atoms with Crippen molar-refractivity contribution in [3.63, 3.8) is 0 Å². The number of nitrogens with one attached hydrogen (secondary N) is 1. The Labute approximate surface area is 162 Å². The minimum atomic E-state index is 0. The Hall–Kier alpha value is -1.82. The van der Waals surface area contributed by atoms with Gasteiger partial charge in [0.25, 0.3) is 0 Å². The molecule has 0 bridgehead atoms. The fourth-order valence-electron chi connectivity index (χ4n) is 3.26. The van der Waals surface area contributed by atoms with Crippen molar-refractivity contribution in [2.45, 2.75) is 32.0 Å². The number of hydrogen-bond donors (Lipinski definition) is 1. The third kappa shape index (κ3) is 5.59. The van der Waals surface area contributed by atoms with E-state index in [0.717, 1.165) is 36.7 Å². The highest BCUT2D eigenvalue weighted by Gasteiger charge is 2.18. The van der Waals surface area contributed by atoms with Crippen molar-refractivity contribution in [1.29, 1.82) is 0 Å². The van der Waals surface area contributed by atoms with Gasteiger partial charge >= 0.3 is 0 Å². The molecule has 2 aromatic rings. The summed E-state index contributed by atoms with van der Waals surface area (Å²) in [7, 11) is 3.74. The topological polar surface area (TPSA) is 46.6 Å². The van der Waals surface area contributed by atoms with Gasteiger partial charge in [0, 0.05) is 31.5 Å². The Morgan fingerprint density at radius 3 is 2.69 bits per heavy atom. The van der Waals surface area contributed by atoms with Gasteiger partial charge in [0.2, 0.25) is 0 Å². The van der Waals surface area contributed by atoms with Crippen LogP contribution in [0.2, 0.25) is 0 Å². The normalized spacial score (nSPS) is 17.4. The second kappa shape index (κ2) is 10.4. The van der Waals surface area contributed by atoms with Crippen LogP contribution in [0.4, 0.5) is 0 Å². The summed E-state index contributed by atoms with van der Waals surface area (Å²) < 4.78 is 11.5. The number of likely N-dealkylation sites (tertiary alicyclic amines) is 1. The molecule has 1 aliphatic heterocycles. The lowest BCUT2D eigenvalue weighted by Gasteiger charge is -2.32. The first-order chi connectivity index (χ1) is 12.3. The first-order valence-electron chi connectivity index (χ1n) is 8.86. The number of rotatable bonds is 7. The molecule has 1 aromatic carbocycles. The van der Waals surface area contributed by atoms with E-state index >= 15 is 0 Å². The van der Waals surface area contributed by atoms with Crippen molar-refractivity contribution < 1.29 is 9.47 Å². The van der Waals surface area contributed by atoms with E-state index in [1.54, 1.807) is 19.5 Å². The highest BCUT2D eigenvalue weighted by Crippen LogP contribution is 2.29. The zero-order valence-corrected chi connectivity index (χ0v) is 16.3. The zero-order chi connectivity index (χ0) is 17.5. The van der Waals surface area contributed by atoms with Crippen LogP contribution in [0.15, 0.2) is 42.7 Å². The van der Waals surface area contributed by atoms with E-state index in [1.807, 2.05) is 25.2 Å². The quantitative estimate of drug-likeness (QED) is 0.802. The molecular formula is C20H28ClN3O2. The van der Waals surface area contributed by atoms with Crippen molar-refractivity contribution in [3.05, 3.63) is 53.9 Å². The first-order valence-corrected chi connectivity index (χ1v) is 8.86. The molecule has 1 aromatic heterocycles. The third-order valence-electron chi connectivity index (χ3n) is 4.69. The van der Waals surface area contributed by atoms with Crippen molar-refractivity contribution in [2.75, 3.05) is 27.2 Å². The molecule has 0 spiro atoms. The molecule has 0 radical (unpaired) electrons. The monoisotopic (exact) mass is 377 g/mol. The van der Waals surface area contributed by atoms with Gasteiger partial charge in [-0.3, -0.25) is 9.88 Å². The molecule has 142 valence electrons. The molecule has 5 nitrogen and oxygen atoms in total. The van der Waals surface area contributed by atoms with E-state index in [4.69, 9.17) is 9.47 Å². The molecule has 1 fully saturated rings. The van der Waals surface area contributed by atoms with E-state index in [0.29, 0.717) is 12.6 Å². The molecule has 0 aliphatic carbocycles. The average molecular weight is 378 g/mol. The predicted octanol–water partition coefficient (Wildman–Crippen LogP) is 3.27. The van der Waals surface area contributed by atoms with Gasteiger partial charge in [-0.25, -0.2) is 0 Å². The minimum absolute atomic E-state index is 0. The van der Waals surface area contributed by atoms with Crippen LogP contribution in [0.1, 0.15) is 24.0 Å². The summed E-state index contributed by atoms with van der Waals surface area (Å²) in [6.07, 6.45) is 6.06. The molecule has 0 saturated carbocycles. The molecule has 1 aliphatic rings. The maximum atomic E-state index is 5.92. The van der Waals surface area contributed by atoms with E-state index in [9.17, 15) is 0 Å². The second-order valence-electron chi connectivity index (χ2n) is 6.49. The summed E-state index contributed by atoms with van der Waals surface area (Å²) in [6, 6.07) is 10.7. The highest BCUT2D eigenvalue weighted by molar-refractivity contribution is 5.85. The van der Waals surface area contributed by atoms with Crippen molar-refractivity contribution >= 4 is 12.4 Å². The molecule has 26 heavy (non-hydrogen) atoms. The summed E-state index contributed by atoms with van der Waals surface area (Å²) in [5.74, 6) is 1.56. The molecular weight excluding hydrogens is 350 g/mol. The van der Waals surface area contributed by atoms with Crippen LogP contribution < -0.4 is 14.8 Å². The van der Waals surface area contributed by atoms with Gasteiger partial charge < -0.3 is 14.8 Å². The molecule has 6 heteroatoms. The lowest BCUT2D eigenvalue weighted by molar-refractivity contribution is 0.187. The SMILES string of the molecule is CNC1CCCN(Cc2ccc(OCc3ccncc3)c(OC)c2)C1.Cl. The van der Waals surface area contributed by atoms with E-state index in [1.165, 1.54) is 18.4 Å². The number of halogens is 1. The Bertz CT molecular complexity index is 669. The summed E-state index contributed by atoms with van der Waals surface area (Å²) >= 11 is 0. The van der Waals surface area contributed by atoms with Crippen LogP contribution in [0.25, 0.3) is 0 Å². The molecule has 3 rings (SSSR count). The van der Waals surface area contributed by atoms with Crippen LogP contribution in [0.3, 0.4) is 0 Å². The van der Waals surface area contributed by atoms with Crippen molar-refractivity contribution in [2.24, 2.45) is 0 Å². The number of aromatic nitrogens is 1. The number of piperidine rings is 1. The van der Waals surface area contributed by atoms with Crippen LogP contribution in [0.5, 0.6) is 11.5 Å². The standard InChI is InChI=1S/C20H27N3O2.ClH/c1-21-18-4-3-11-23(14-18)13-17-5-6-19(20(12-17)24-2)25-15-16-7-9-22-10-8-16;/h5-10,12,18,21H,3-4,11,13-15H2,1-2H3;1H. The average Bonchev–Trinajstić information content (AvgIpc) is 2.67. The van der Waals surface area contributed by atoms with Crippen LogP contribution in [-0.4, -0.2) is 43.2 Å². The van der Waals surface area contributed by atoms with Gasteiger partial charge in [0.05, 0.1) is 7.11 Å². The summed E-state index contributed by atoms with van der Waals surface area (Å²) in [4.78, 5) is 6.52. The molecule has 1 unspecified atom stereocenters. The largest absolute Gasteiger partial charge is 0.493 e. The predicted molar refractivity (Wildman–Crippen MR) is 106 cm³/mol. The Balaban J connectivity index is 0.00000243. The summed E-state index contributed by atoms with van der Waals surface area (Å²) in [5.41, 5.74) is 2.34. The fourth-order valence-corrected chi connectivity index (χ4v) is 3.26. The first kappa shape index (κ1) is 20.5. The molecule has 1 saturated heterocycles. The maximum absolute atomic E-state index is 5.92. The van der Waals surface area contributed by atoms with Crippen LogP contribution in [0, 0.1) is 0 Å². The van der Waals surface area contributed by atoms with E-state index < -0.39 is 0 Å². The van der Waals surface area contributed by atoms with Gasteiger partial charge in [-0.2, -0.15) is 0 Å². The van der Waals surface area contributed by atoms with E-state index in [-0.39, 0.29) is 12.4 Å². The number of hydrogen-bond acceptors (Lipinski definition) is 5. The van der Waals surface area contributed by atoms with Gasteiger partial charge in [0.1, 0.15) is 6.61 Å². The third-order valence-corrected chi connectivity index (χ3v) is 4.69. The minimum Gasteiger partial charge on any atom is -0.493 e. The fraction of sp³-hybridized carbons (Fsp3) is 0.450. The smallest absolute Gasteiger partial charge is 0.161 e. The maximum Gasteiger partial charge on any atom is 0.161 e. The Kier molecular flexibility index (Phi) is 8.16. The van der Waals surface area contributed by atoms with Crippen LogP contribution in [-0.2, 0) is 13.2 Å². The lowest BCUT2D eigenvalue weighted by Crippen LogP contribution is -2.43. The number of ether oxygens (including phenoxy) is 2. The summed E-state index contributed by atoms with van der Waals surface area (Å²) in [6.45, 7) is 3.70. The molecule has 0 amide bonds. The van der Waals surface area contributed by atoms with Crippen molar-refractivity contribution in [3.8, 4) is 11.5 Å². The van der Waals surface area contributed by atoms with Gasteiger partial charge in [-0.15, -0.1) is 12.4 Å². The Morgan fingerprint density at radius 1 is 1.15 bits per heavy atom. The highest BCUT2D eigenvalue weighted by atomic mass is 35.5. The van der Waals surface area contributed by atoms with Crippen LogP contribution >= 0.6 is 12.4 Å². The number of nitrogens with zero attached hydrogens (tertiary/aromatic N) is 2. The number of methoxy groups -OCH3 is 1. The molecule has 1 atom stereocenters. The number of benzene rings is 1. The number of likely N-dealkylation sites (N-methyl/N-ethyl adjacent to an activating group) is 1. The van der Waals surface area contributed by atoms with E-state index in [2.05, 4.69) is 27.3 Å². The Morgan fingerprint density at radius 2 is 1.96 bits per heavy atom.